The number of anilines is 1. The van der Waals surface area contributed by atoms with Crippen molar-refractivity contribution in [1.29, 1.82) is 0 Å². The van der Waals surface area contributed by atoms with Gasteiger partial charge in [-0.1, -0.05) is 0 Å². The molecule has 0 amide bonds. The third-order valence-electron chi connectivity index (χ3n) is 2.89. The van der Waals surface area contributed by atoms with Crippen LogP contribution in [0.2, 0.25) is 0 Å². The van der Waals surface area contributed by atoms with E-state index >= 15 is 0 Å². The van der Waals surface area contributed by atoms with Crippen LogP contribution >= 0.6 is 15.9 Å². The summed E-state index contributed by atoms with van der Waals surface area (Å²) in [6.45, 7) is 0.744. The topological polar surface area (TPSA) is 42.7 Å². The van der Waals surface area contributed by atoms with Crippen molar-refractivity contribution in [1.82, 2.24) is 14.8 Å². The fourth-order valence-electron chi connectivity index (χ4n) is 1.91. The lowest BCUT2D eigenvalue weighted by Gasteiger charge is -2.08. The normalized spacial score (nSPS) is 10.4. The van der Waals surface area contributed by atoms with Gasteiger partial charge in [0.05, 0.1) is 5.69 Å². The number of nitrogens with zero attached hydrogens (tertiary/aromatic N) is 3. The van der Waals surface area contributed by atoms with Crippen molar-refractivity contribution in [2.24, 2.45) is 0 Å². The number of aromatic nitrogens is 3. The average molecular weight is 329 g/mol. The summed E-state index contributed by atoms with van der Waals surface area (Å²) in [5.41, 5.74) is 3.25. The summed E-state index contributed by atoms with van der Waals surface area (Å²) < 4.78 is 2.83. The van der Waals surface area contributed by atoms with Crippen LogP contribution in [0.5, 0.6) is 0 Å². The summed E-state index contributed by atoms with van der Waals surface area (Å²) in [7, 11) is 0. The summed E-state index contributed by atoms with van der Waals surface area (Å²) in [5.74, 6) is 0. The largest absolute Gasteiger partial charge is 0.381 e. The van der Waals surface area contributed by atoms with Crippen molar-refractivity contribution in [3.8, 4) is 5.69 Å². The van der Waals surface area contributed by atoms with E-state index in [2.05, 4.69) is 37.4 Å². The third kappa shape index (κ3) is 3.05. The molecule has 0 aliphatic heterocycles. The molecule has 0 spiro atoms. The molecule has 0 saturated carbocycles. The standard InChI is InChI=1S/C15H13BrN4/c16-13-8-12(9-17-11-13)10-18-14-2-4-15(5-3-14)20-7-1-6-19-20/h1-9,11,18H,10H2. The maximum absolute atomic E-state index is 4.20. The summed E-state index contributed by atoms with van der Waals surface area (Å²) in [4.78, 5) is 4.15. The van der Waals surface area contributed by atoms with Gasteiger partial charge >= 0.3 is 0 Å². The molecule has 2 aromatic heterocycles. The third-order valence-corrected chi connectivity index (χ3v) is 3.33. The maximum Gasteiger partial charge on any atom is 0.0647 e. The summed E-state index contributed by atoms with van der Waals surface area (Å²) in [6, 6.07) is 12.1. The molecule has 5 heteroatoms. The number of hydrogen-bond donors (Lipinski definition) is 1. The zero-order valence-corrected chi connectivity index (χ0v) is 12.3. The van der Waals surface area contributed by atoms with Gasteiger partial charge in [-0.3, -0.25) is 4.98 Å². The van der Waals surface area contributed by atoms with Crippen LogP contribution in [-0.4, -0.2) is 14.8 Å². The molecule has 0 aliphatic rings. The van der Waals surface area contributed by atoms with Gasteiger partial charge in [-0.2, -0.15) is 5.10 Å². The molecule has 0 atom stereocenters. The molecule has 1 aromatic carbocycles. The summed E-state index contributed by atoms with van der Waals surface area (Å²) >= 11 is 3.42. The Morgan fingerprint density at radius 1 is 1.15 bits per heavy atom. The fourth-order valence-corrected chi connectivity index (χ4v) is 2.32. The number of hydrogen-bond acceptors (Lipinski definition) is 3. The van der Waals surface area contributed by atoms with E-state index in [0.29, 0.717) is 0 Å². The van der Waals surface area contributed by atoms with Crippen molar-refractivity contribution in [3.63, 3.8) is 0 Å². The van der Waals surface area contributed by atoms with Gasteiger partial charge in [-0.25, -0.2) is 4.68 Å². The first-order valence-corrected chi connectivity index (χ1v) is 7.04. The van der Waals surface area contributed by atoms with Gasteiger partial charge in [-0.15, -0.1) is 0 Å². The van der Waals surface area contributed by atoms with Crippen molar-refractivity contribution in [2.45, 2.75) is 6.54 Å². The molecule has 1 N–H and O–H groups in total. The second-order valence-electron chi connectivity index (χ2n) is 4.36. The molecule has 0 unspecified atom stereocenters. The van der Waals surface area contributed by atoms with Gasteiger partial charge < -0.3 is 5.32 Å². The van der Waals surface area contributed by atoms with E-state index in [1.165, 1.54) is 0 Å². The second-order valence-corrected chi connectivity index (χ2v) is 5.28. The lowest BCUT2D eigenvalue weighted by molar-refractivity contribution is 0.880. The van der Waals surface area contributed by atoms with Crippen molar-refractivity contribution in [2.75, 3.05) is 5.32 Å². The molecule has 0 radical (unpaired) electrons. The fraction of sp³-hybridized carbons (Fsp3) is 0.0667. The quantitative estimate of drug-likeness (QED) is 0.795. The SMILES string of the molecule is Brc1cncc(CNc2ccc(-n3cccn3)cc2)c1. The van der Waals surface area contributed by atoms with Gasteiger partial charge in [-0.05, 0) is 57.9 Å². The van der Waals surface area contributed by atoms with Gasteiger partial charge in [0.1, 0.15) is 0 Å². The summed E-state index contributed by atoms with van der Waals surface area (Å²) in [6.07, 6.45) is 7.33. The Morgan fingerprint density at radius 2 is 2.00 bits per heavy atom. The smallest absolute Gasteiger partial charge is 0.0647 e. The van der Waals surface area contributed by atoms with E-state index in [9.17, 15) is 0 Å². The van der Waals surface area contributed by atoms with Crippen LogP contribution in [0.1, 0.15) is 5.56 Å². The first kappa shape index (κ1) is 12.9. The second kappa shape index (κ2) is 5.88. The van der Waals surface area contributed by atoms with Crippen LogP contribution < -0.4 is 5.32 Å². The molecule has 3 rings (SSSR count). The molecule has 0 aliphatic carbocycles. The lowest BCUT2D eigenvalue weighted by atomic mass is 10.2. The van der Waals surface area contributed by atoms with Crippen LogP contribution in [0.3, 0.4) is 0 Å². The zero-order chi connectivity index (χ0) is 13.8. The molecular weight excluding hydrogens is 316 g/mol. The highest BCUT2D eigenvalue weighted by Crippen LogP contribution is 2.15. The Labute approximate surface area is 125 Å². The monoisotopic (exact) mass is 328 g/mol. The van der Waals surface area contributed by atoms with Crippen LogP contribution in [0.25, 0.3) is 5.69 Å². The zero-order valence-electron chi connectivity index (χ0n) is 10.7. The van der Waals surface area contributed by atoms with Crippen LogP contribution in [0.15, 0.2) is 65.7 Å². The number of rotatable bonds is 4. The molecule has 0 saturated heterocycles. The van der Waals surface area contributed by atoms with E-state index in [4.69, 9.17) is 0 Å². The first-order chi connectivity index (χ1) is 9.81. The van der Waals surface area contributed by atoms with Crippen LogP contribution in [0.4, 0.5) is 5.69 Å². The van der Waals surface area contributed by atoms with Crippen LogP contribution in [0, 0.1) is 0 Å². The number of halogens is 1. The van der Waals surface area contributed by atoms with Crippen molar-refractivity contribution < 1.29 is 0 Å². The van der Waals surface area contributed by atoms with E-state index in [-0.39, 0.29) is 0 Å². The Kier molecular flexibility index (Phi) is 3.78. The summed E-state index contributed by atoms with van der Waals surface area (Å²) in [5, 5.41) is 7.57. The molecule has 4 nitrogen and oxygen atoms in total. The molecule has 0 bridgehead atoms. The maximum atomic E-state index is 4.20. The highest BCUT2D eigenvalue weighted by atomic mass is 79.9. The van der Waals surface area contributed by atoms with E-state index in [0.717, 1.165) is 28.0 Å². The van der Waals surface area contributed by atoms with Crippen molar-refractivity contribution in [3.05, 3.63) is 71.2 Å². The molecule has 2 heterocycles. The minimum Gasteiger partial charge on any atom is -0.381 e. The molecule has 20 heavy (non-hydrogen) atoms. The molecule has 0 fully saturated rings. The Balaban J connectivity index is 1.67. The minimum atomic E-state index is 0.744. The van der Waals surface area contributed by atoms with Gasteiger partial charge in [0.2, 0.25) is 0 Å². The predicted molar refractivity (Wildman–Crippen MR) is 82.8 cm³/mol. The van der Waals surface area contributed by atoms with Crippen LogP contribution in [-0.2, 0) is 6.54 Å². The number of nitrogens with one attached hydrogen (secondary N) is 1. The molecule has 100 valence electrons. The molecule has 3 aromatic rings. The highest BCUT2D eigenvalue weighted by Gasteiger charge is 1.98. The minimum absolute atomic E-state index is 0.744. The van der Waals surface area contributed by atoms with Crippen molar-refractivity contribution >= 4 is 21.6 Å². The highest BCUT2D eigenvalue weighted by molar-refractivity contribution is 9.10. The predicted octanol–water partition coefficient (Wildman–Crippen LogP) is 3.64. The van der Waals surface area contributed by atoms with E-state index in [1.807, 2.05) is 47.4 Å². The van der Waals surface area contributed by atoms with E-state index < -0.39 is 0 Å². The lowest BCUT2D eigenvalue weighted by Crippen LogP contribution is -2.00. The molecular formula is C15H13BrN4. The number of pyridine rings is 1. The first-order valence-electron chi connectivity index (χ1n) is 6.25. The Morgan fingerprint density at radius 3 is 2.70 bits per heavy atom. The van der Waals surface area contributed by atoms with Gasteiger partial charge in [0, 0.05) is 41.5 Å². The van der Waals surface area contributed by atoms with E-state index in [1.54, 1.807) is 12.4 Å². The van der Waals surface area contributed by atoms with Gasteiger partial charge in [0.15, 0.2) is 0 Å². The Bertz CT molecular complexity index is 677. The number of benzene rings is 1. The average Bonchev–Trinajstić information content (AvgIpc) is 3.00. The Hall–Kier alpha value is -2.14. The van der Waals surface area contributed by atoms with Gasteiger partial charge in [0.25, 0.3) is 0 Å².